The second kappa shape index (κ2) is 4.84. The van der Waals surface area contributed by atoms with Crippen molar-refractivity contribution < 1.29 is 4.74 Å². The smallest absolute Gasteiger partial charge is 0.224 e. The molecule has 0 unspecified atom stereocenters. The molecule has 6 heteroatoms. The Morgan fingerprint density at radius 1 is 1.69 bits per heavy atom. The summed E-state index contributed by atoms with van der Waals surface area (Å²) in [4.78, 5) is 9.90. The number of nitrogens with two attached hydrogens (primary N) is 1. The van der Waals surface area contributed by atoms with Crippen LogP contribution in [0.15, 0.2) is 6.20 Å². The molecule has 2 N–H and O–H groups in total. The van der Waals surface area contributed by atoms with E-state index in [0.717, 1.165) is 26.0 Å². The lowest BCUT2D eigenvalue weighted by atomic mass is 10.2. The molecule has 0 bridgehead atoms. The molecule has 1 aromatic heterocycles. The predicted molar refractivity (Wildman–Crippen MR) is 63.7 cm³/mol. The van der Waals surface area contributed by atoms with E-state index in [1.54, 1.807) is 0 Å². The quantitative estimate of drug-likeness (QED) is 0.810. The number of hydrogen-bond donors (Lipinski definition) is 1. The normalized spacial score (nSPS) is 20.0. The van der Waals surface area contributed by atoms with Gasteiger partial charge in [-0.05, 0) is 24.4 Å². The standard InChI is InChI=1S/C10H15ClN4O/c1-15(6-7-3-2-4-16-7)9-8(12)5-13-10(11)14-9/h5,7H,2-4,6,12H2,1H3/t7-/m1/s1. The fourth-order valence-corrected chi connectivity index (χ4v) is 1.98. The van der Waals surface area contributed by atoms with Crippen LogP contribution in [0.3, 0.4) is 0 Å². The van der Waals surface area contributed by atoms with E-state index in [1.165, 1.54) is 6.20 Å². The van der Waals surface area contributed by atoms with E-state index in [-0.39, 0.29) is 11.4 Å². The van der Waals surface area contributed by atoms with Crippen molar-refractivity contribution >= 4 is 23.1 Å². The van der Waals surface area contributed by atoms with E-state index >= 15 is 0 Å². The van der Waals surface area contributed by atoms with Crippen molar-refractivity contribution in [1.82, 2.24) is 9.97 Å². The third-order valence-corrected chi connectivity index (χ3v) is 2.81. The highest BCUT2D eigenvalue weighted by Gasteiger charge is 2.19. The maximum absolute atomic E-state index is 5.80. The molecule has 5 nitrogen and oxygen atoms in total. The number of likely N-dealkylation sites (N-methyl/N-ethyl adjacent to an activating group) is 1. The van der Waals surface area contributed by atoms with Crippen LogP contribution in [-0.2, 0) is 4.74 Å². The molecule has 2 heterocycles. The third-order valence-electron chi connectivity index (χ3n) is 2.63. The molecular formula is C10H15ClN4O. The molecule has 1 fully saturated rings. The van der Waals surface area contributed by atoms with Gasteiger partial charge in [0.2, 0.25) is 5.28 Å². The zero-order chi connectivity index (χ0) is 11.5. The molecule has 1 aliphatic rings. The van der Waals surface area contributed by atoms with Gasteiger partial charge in [-0.2, -0.15) is 4.98 Å². The first kappa shape index (κ1) is 11.4. The average molecular weight is 243 g/mol. The van der Waals surface area contributed by atoms with Crippen LogP contribution < -0.4 is 10.6 Å². The average Bonchev–Trinajstić information content (AvgIpc) is 2.74. The summed E-state index contributed by atoms with van der Waals surface area (Å²) in [6.07, 6.45) is 4.00. The summed E-state index contributed by atoms with van der Waals surface area (Å²) in [6.45, 7) is 1.62. The second-order valence-electron chi connectivity index (χ2n) is 3.93. The highest BCUT2D eigenvalue weighted by Crippen LogP contribution is 2.22. The summed E-state index contributed by atoms with van der Waals surface area (Å²) in [5.41, 5.74) is 6.33. The Labute approximate surface area is 99.6 Å². The Morgan fingerprint density at radius 3 is 3.19 bits per heavy atom. The van der Waals surface area contributed by atoms with Crippen LogP contribution in [0.2, 0.25) is 5.28 Å². The van der Waals surface area contributed by atoms with Crippen molar-refractivity contribution in [3.8, 4) is 0 Å². The Balaban J connectivity index is 2.07. The van der Waals surface area contributed by atoms with E-state index in [9.17, 15) is 0 Å². The van der Waals surface area contributed by atoms with E-state index < -0.39 is 0 Å². The molecule has 0 aromatic carbocycles. The van der Waals surface area contributed by atoms with Gasteiger partial charge >= 0.3 is 0 Å². The van der Waals surface area contributed by atoms with Gasteiger partial charge in [0.1, 0.15) is 0 Å². The molecule has 88 valence electrons. The van der Waals surface area contributed by atoms with Crippen molar-refractivity contribution in [2.75, 3.05) is 30.8 Å². The van der Waals surface area contributed by atoms with Crippen LogP contribution in [0.1, 0.15) is 12.8 Å². The van der Waals surface area contributed by atoms with Crippen molar-refractivity contribution in [1.29, 1.82) is 0 Å². The number of hydrogen-bond acceptors (Lipinski definition) is 5. The van der Waals surface area contributed by atoms with Gasteiger partial charge in [-0.3, -0.25) is 0 Å². The molecule has 0 amide bonds. The Morgan fingerprint density at radius 2 is 2.50 bits per heavy atom. The number of halogens is 1. The van der Waals surface area contributed by atoms with Gasteiger partial charge in [-0.25, -0.2) is 4.98 Å². The largest absolute Gasteiger partial charge is 0.394 e. The Hall–Kier alpha value is -1.07. The Kier molecular flexibility index (Phi) is 3.46. The Bertz CT molecular complexity index is 368. The zero-order valence-electron chi connectivity index (χ0n) is 9.19. The number of rotatable bonds is 3. The summed E-state index contributed by atoms with van der Waals surface area (Å²) < 4.78 is 5.56. The number of anilines is 2. The van der Waals surface area contributed by atoms with Gasteiger partial charge in [-0.1, -0.05) is 0 Å². The molecule has 0 spiro atoms. The summed E-state index contributed by atoms with van der Waals surface area (Å²) >= 11 is 5.74. The van der Waals surface area contributed by atoms with Gasteiger partial charge in [-0.15, -0.1) is 0 Å². The molecule has 0 saturated carbocycles. The fraction of sp³-hybridized carbons (Fsp3) is 0.600. The number of nitrogens with zero attached hydrogens (tertiary/aromatic N) is 3. The summed E-state index contributed by atoms with van der Waals surface area (Å²) in [6, 6.07) is 0. The minimum Gasteiger partial charge on any atom is -0.394 e. The van der Waals surface area contributed by atoms with Crippen molar-refractivity contribution in [2.45, 2.75) is 18.9 Å². The molecular weight excluding hydrogens is 228 g/mol. The van der Waals surface area contributed by atoms with Crippen LogP contribution in [0, 0.1) is 0 Å². The first-order valence-electron chi connectivity index (χ1n) is 5.27. The third kappa shape index (κ3) is 2.54. The first-order valence-corrected chi connectivity index (χ1v) is 5.65. The topological polar surface area (TPSA) is 64.3 Å². The molecule has 0 radical (unpaired) electrons. The highest BCUT2D eigenvalue weighted by molar-refractivity contribution is 6.28. The molecule has 1 aromatic rings. The minimum absolute atomic E-state index is 0.211. The predicted octanol–water partition coefficient (Wildman–Crippen LogP) is 1.33. The zero-order valence-corrected chi connectivity index (χ0v) is 9.94. The fourth-order valence-electron chi connectivity index (χ4n) is 1.85. The van der Waals surface area contributed by atoms with E-state index in [4.69, 9.17) is 22.1 Å². The maximum atomic E-state index is 5.80. The maximum Gasteiger partial charge on any atom is 0.224 e. The van der Waals surface area contributed by atoms with E-state index in [2.05, 4.69) is 9.97 Å². The van der Waals surface area contributed by atoms with Crippen LogP contribution in [0.5, 0.6) is 0 Å². The number of nitrogen functional groups attached to an aromatic ring is 1. The van der Waals surface area contributed by atoms with Crippen molar-refractivity contribution in [2.24, 2.45) is 0 Å². The van der Waals surface area contributed by atoms with E-state index in [0.29, 0.717) is 11.5 Å². The molecule has 0 aliphatic carbocycles. The van der Waals surface area contributed by atoms with Gasteiger partial charge in [0, 0.05) is 20.2 Å². The number of aromatic nitrogens is 2. The lowest BCUT2D eigenvalue weighted by molar-refractivity contribution is 0.116. The monoisotopic (exact) mass is 242 g/mol. The summed E-state index contributed by atoms with van der Waals surface area (Å²) in [5, 5.41) is 0.211. The summed E-state index contributed by atoms with van der Waals surface area (Å²) in [7, 11) is 1.93. The molecule has 16 heavy (non-hydrogen) atoms. The first-order chi connectivity index (χ1) is 7.66. The molecule has 2 rings (SSSR count). The lowest BCUT2D eigenvalue weighted by Gasteiger charge is -2.22. The lowest BCUT2D eigenvalue weighted by Crippen LogP contribution is -2.29. The highest BCUT2D eigenvalue weighted by atomic mass is 35.5. The SMILES string of the molecule is CN(C[C@H]1CCCO1)c1nc(Cl)ncc1N. The van der Waals surface area contributed by atoms with E-state index in [1.807, 2.05) is 11.9 Å². The molecule has 1 aliphatic heterocycles. The van der Waals surface area contributed by atoms with Gasteiger partial charge in [0.15, 0.2) is 5.82 Å². The second-order valence-corrected chi connectivity index (χ2v) is 4.27. The minimum atomic E-state index is 0.211. The van der Waals surface area contributed by atoms with Gasteiger partial charge in [0.05, 0.1) is 18.0 Å². The van der Waals surface area contributed by atoms with Gasteiger partial charge < -0.3 is 15.4 Å². The van der Waals surface area contributed by atoms with Crippen molar-refractivity contribution in [3.63, 3.8) is 0 Å². The molecule has 1 atom stereocenters. The molecule has 1 saturated heterocycles. The van der Waals surface area contributed by atoms with Crippen LogP contribution in [0.4, 0.5) is 11.5 Å². The van der Waals surface area contributed by atoms with Gasteiger partial charge in [0.25, 0.3) is 0 Å². The number of ether oxygens (including phenoxy) is 1. The van der Waals surface area contributed by atoms with Crippen LogP contribution in [0.25, 0.3) is 0 Å². The van der Waals surface area contributed by atoms with Crippen LogP contribution in [-0.4, -0.2) is 36.3 Å². The van der Waals surface area contributed by atoms with Crippen LogP contribution >= 0.6 is 11.6 Å². The van der Waals surface area contributed by atoms with Crippen molar-refractivity contribution in [3.05, 3.63) is 11.5 Å². The summed E-state index contributed by atoms with van der Waals surface area (Å²) in [5.74, 6) is 0.663.